The van der Waals surface area contributed by atoms with Gasteiger partial charge in [0.2, 0.25) is 0 Å². The summed E-state index contributed by atoms with van der Waals surface area (Å²) >= 11 is 0. The molecule has 1 heterocycles. The third kappa shape index (κ3) is 2.70. The van der Waals surface area contributed by atoms with E-state index in [-0.39, 0.29) is 0 Å². The number of hydrogen-bond acceptors (Lipinski definition) is 5. The first-order valence-electron chi connectivity index (χ1n) is 7.40. The van der Waals surface area contributed by atoms with Crippen molar-refractivity contribution in [3.63, 3.8) is 0 Å². The summed E-state index contributed by atoms with van der Waals surface area (Å²) in [5.74, 6) is 2.26. The number of anilines is 1. The van der Waals surface area contributed by atoms with Gasteiger partial charge in [0.15, 0.2) is 5.82 Å². The molecule has 6 heteroatoms. The molecule has 2 aromatic rings. The number of tetrazole rings is 1. The number of nitrogens with zero attached hydrogens (tertiary/aromatic N) is 4. The number of nitrogen functional groups attached to an aromatic ring is 1. The highest BCUT2D eigenvalue weighted by atomic mass is 16.5. The molecule has 0 spiro atoms. The summed E-state index contributed by atoms with van der Waals surface area (Å²) in [6.07, 6.45) is 4.72. The minimum atomic E-state index is 0.384. The number of nitrogens with two attached hydrogens (primary N) is 1. The van der Waals surface area contributed by atoms with Crippen LogP contribution < -0.4 is 10.5 Å². The first kappa shape index (κ1) is 13.9. The molecular weight excluding hydrogens is 266 g/mol. The maximum absolute atomic E-state index is 5.98. The highest BCUT2D eigenvalue weighted by molar-refractivity contribution is 5.66. The molecule has 1 aromatic heterocycles. The molecule has 1 aliphatic rings. The summed E-state index contributed by atoms with van der Waals surface area (Å²) in [5.41, 5.74) is 7.51. The largest absolute Gasteiger partial charge is 0.495 e. The number of hydrogen-bond donors (Lipinski definition) is 1. The van der Waals surface area contributed by atoms with Gasteiger partial charge in [-0.15, -0.1) is 5.10 Å². The van der Waals surface area contributed by atoms with Crippen LogP contribution in [-0.4, -0.2) is 27.3 Å². The predicted molar refractivity (Wildman–Crippen MR) is 80.9 cm³/mol. The van der Waals surface area contributed by atoms with Crippen molar-refractivity contribution >= 4 is 5.69 Å². The van der Waals surface area contributed by atoms with Crippen LogP contribution in [0.3, 0.4) is 0 Å². The molecule has 0 bridgehead atoms. The number of ether oxygens (including phenoxy) is 1. The molecule has 0 amide bonds. The molecule has 112 valence electrons. The summed E-state index contributed by atoms with van der Waals surface area (Å²) in [6, 6.07) is 6.05. The molecule has 0 unspecified atom stereocenters. The Hall–Kier alpha value is -2.11. The highest BCUT2D eigenvalue weighted by Crippen LogP contribution is 2.34. The van der Waals surface area contributed by atoms with Gasteiger partial charge in [0.05, 0.1) is 18.8 Å². The number of benzene rings is 1. The van der Waals surface area contributed by atoms with Gasteiger partial charge < -0.3 is 10.5 Å². The Morgan fingerprint density at radius 2 is 2.00 bits per heavy atom. The van der Waals surface area contributed by atoms with Crippen LogP contribution in [0.2, 0.25) is 0 Å². The molecule has 1 aromatic carbocycles. The lowest BCUT2D eigenvalue weighted by molar-refractivity contribution is 0.272. The van der Waals surface area contributed by atoms with Crippen LogP contribution in [0.4, 0.5) is 5.69 Å². The smallest absolute Gasteiger partial charge is 0.182 e. The lowest BCUT2D eigenvalue weighted by Gasteiger charge is -2.26. The van der Waals surface area contributed by atoms with Crippen molar-refractivity contribution < 1.29 is 4.74 Å². The first-order chi connectivity index (χ1) is 10.2. The monoisotopic (exact) mass is 287 g/mol. The fraction of sp³-hybridized carbons (Fsp3) is 0.533. The van der Waals surface area contributed by atoms with Gasteiger partial charge in [0, 0.05) is 5.56 Å². The Balaban J connectivity index is 1.90. The Morgan fingerprint density at radius 3 is 2.67 bits per heavy atom. The second-order valence-corrected chi connectivity index (χ2v) is 5.82. The van der Waals surface area contributed by atoms with E-state index in [4.69, 9.17) is 10.5 Å². The molecule has 0 aliphatic heterocycles. The Bertz CT molecular complexity index is 616. The van der Waals surface area contributed by atoms with Gasteiger partial charge in [-0.2, -0.15) is 0 Å². The number of rotatable bonds is 3. The van der Waals surface area contributed by atoms with Crippen molar-refractivity contribution in [1.82, 2.24) is 20.2 Å². The molecule has 0 atom stereocenters. The average Bonchev–Trinajstić information content (AvgIpc) is 2.97. The van der Waals surface area contributed by atoms with E-state index in [1.54, 1.807) is 7.11 Å². The second kappa shape index (κ2) is 5.71. The lowest BCUT2D eigenvalue weighted by atomic mass is 9.87. The van der Waals surface area contributed by atoms with E-state index in [1.807, 2.05) is 22.9 Å². The molecule has 3 rings (SSSR count). The molecule has 1 aliphatic carbocycles. The summed E-state index contributed by atoms with van der Waals surface area (Å²) in [4.78, 5) is 0. The van der Waals surface area contributed by atoms with Crippen LogP contribution in [-0.2, 0) is 0 Å². The SMILES string of the molecule is COc1ccc(-c2nnnn2C2CCC(C)CC2)cc1N. The van der Waals surface area contributed by atoms with Gasteiger partial charge in [-0.1, -0.05) is 6.92 Å². The summed E-state index contributed by atoms with van der Waals surface area (Å²) in [7, 11) is 1.61. The Labute approximate surface area is 124 Å². The third-order valence-electron chi connectivity index (χ3n) is 4.31. The molecule has 6 nitrogen and oxygen atoms in total. The quantitative estimate of drug-likeness (QED) is 0.878. The topological polar surface area (TPSA) is 78.9 Å². The average molecular weight is 287 g/mol. The van der Waals surface area contributed by atoms with E-state index < -0.39 is 0 Å². The van der Waals surface area contributed by atoms with Crippen molar-refractivity contribution in [2.24, 2.45) is 5.92 Å². The van der Waals surface area contributed by atoms with E-state index in [2.05, 4.69) is 22.4 Å². The van der Waals surface area contributed by atoms with Crippen molar-refractivity contribution in [3.05, 3.63) is 18.2 Å². The molecule has 0 saturated heterocycles. The van der Waals surface area contributed by atoms with E-state index >= 15 is 0 Å². The van der Waals surface area contributed by atoms with Gasteiger partial charge in [-0.3, -0.25) is 0 Å². The van der Waals surface area contributed by atoms with E-state index in [0.29, 0.717) is 17.5 Å². The molecule has 0 radical (unpaired) electrons. The van der Waals surface area contributed by atoms with Gasteiger partial charge >= 0.3 is 0 Å². The fourth-order valence-electron chi connectivity index (χ4n) is 2.99. The minimum absolute atomic E-state index is 0.384. The molecular formula is C15H21N5O. The van der Waals surface area contributed by atoms with Crippen LogP contribution in [0.5, 0.6) is 5.75 Å². The summed E-state index contributed by atoms with van der Waals surface area (Å²) in [5, 5.41) is 12.2. The molecule has 1 saturated carbocycles. The zero-order valence-electron chi connectivity index (χ0n) is 12.5. The van der Waals surface area contributed by atoms with Crippen LogP contribution in [0, 0.1) is 5.92 Å². The minimum Gasteiger partial charge on any atom is -0.495 e. The van der Waals surface area contributed by atoms with E-state index in [1.165, 1.54) is 12.8 Å². The Kier molecular flexibility index (Phi) is 3.77. The zero-order chi connectivity index (χ0) is 14.8. The van der Waals surface area contributed by atoms with Gasteiger partial charge in [0.1, 0.15) is 5.75 Å². The van der Waals surface area contributed by atoms with Gasteiger partial charge in [-0.05, 0) is 60.2 Å². The molecule has 21 heavy (non-hydrogen) atoms. The maximum atomic E-state index is 5.98. The lowest BCUT2D eigenvalue weighted by Crippen LogP contribution is -2.18. The van der Waals surface area contributed by atoms with E-state index in [0.717, 1.165) is 30.1 Å². The highest BCUT2D eigenvalue weighted by Gasteiger charge is 2.23. The van der Waals surface area contributed by atoms with Gasteiger partial charge in [0.25, 0.3) is 0 Å². The normalized spacial score (nSPS) is 22.2. The van der Waals surface area contributed by atoms with Crippen molar-refractivity contribution in [2.75, 3.05) is 12.8 Å². The van der Waals surface area contributed by atoms with Crippen LogP contribution in [0.25, 0.3) is 11.4 Å². The predicted octanol–water partition coefficient (Wildman–Crippen LogP) is 2.68. The second-order valence-electron chi connectivity index (χ2n) is 5.82. The molecule has 2 N–H and O–H groups in total. The summed E-state index contributed by atoms with van der Waals surface area (Å²) in [6.45, 7) is 2.31. The zero-order valence-corrected chi connectivity index (χ0v) is 12.5. The fourth-order valence-corrected chi connectivity index (χ4v) is 2.99. The van der Waals surface area contributed by atoms with Gasteiger partial charge in [-0.25, -0.2) is 4.68 Å². The third-order valence-corrected chi connectivity index (χ3v) is 4.31. The van der Waals surface area contributed by atoms with Crippen molar-refractivity contribution in [2.45, 2.75) is 38.6 Å². The summed E-state index contributed by atoms with van der Waals surface area (Å²) < 4.78 is 7.14. The Morgan fingerprint density at radius 1 is 1.24 bits per heavy atom. The number of aromatic nitrogens is 4. The maximum Gasteiger partial charge on any atom is 0.182 e. The van der Waals surface area contributed by atoms with Crippen molar-refractivity contribution in [3.8, 4) is 17.1 Å². The van der Waals surface area contributed by atoms with Crippen molar-refractivity contribution in [1.29, 1.82) is 0 Å². The van der Waals surface area contributed by atoms with E-state index in [9.17, 15) is 0 Å². The van der Waals surface area contributed by atoms with Crippen LogP contribution >= 0.6 is 0 Å². The number of methoxy groups -OCH3 is 1. The first-order valence-corrected chi connectivity index (χ1v) is 7.40. The van der Waals surface area contributed by atoms with Crippen LogP contribution in [0.15, 0.2) is 18.2 Å². The molecule has 1 fully saturated rings. The standard InChI is InChI=1S/C15H21N5O/c1-10-3-6-12(7-4-10)20-15(17-18-19-20)11-5-8-14(21-2)13(16)9-11/h5,8-10,12H,3-4,6-7,16H2,1-2H3. The van der Waals surface area contributed by atoms with Crippen LogP contribution in [0.1, 0.15) is 38.6 Å².